The number of hydrogen-bond acceptors (Lipinski definition) is 5. The molecule has 104 valence electrons. The fourth-order valence-electron chi connectivity index (χ4n) is 1.79. The van der Waals surface area contributed by atoms with Gasteiger partial charge in [0.2, 0.25) is 0 Å². The van der Waals surface area contributed by atoms with Gasteiger partial charge in [0.25, 0.3) is 0 Å². The van der Waals surface area contributed by atoms with Crippen LogP contribution >= 0.6 is 0 Å². The van der Waals surface area contributed by atoms with Gasteiger partial charge in [0.05, 0.1) is 18.6 Å². The SMILES string of the molecule is CCOC(=O)C=C(C)N[C@@H](C(=O)[O-])C1=CCC=CC1.[K+]. The van der Waals surface area contributed by atoms with Gasteiger partial charge < -0.3 is 20.0 Å². The van der Waals surface area contributed by atoms with Gasteiger partial charge in [-0.15, -0.1) is 0 Å². The van der Waals surface area contributed by atoms with Crippen molar-refractivity contribution in [3.05, 3.63) is 35.6 Å². The summed E-state index contributed by atoms with van der Waals surface area (Å²) in [6, 6.07) is -0.921. The molecule has 0 saturated heterocycles. The van der Waals surface area contributed by atoms with E-state index in [1.54, 1.807) is 13.8 Å². The average Bonchev–Trinajstić information content (AvgIpc) is 2.37. The zero-order valence-corrected chi connectivity index (χ0v) is 15.3. The summed E-state index contributed by atoms with van der Waals surface area (Å²) >= 11 is 0. The molecule has 0 saturated carbocycles. The summed E-state index contributed by atoms with van der Waals surface area (Å²) in [5, 5.41) is 13.9. The van der Waals surface area contributed by atoms with Crippen molar-refractivity contribution in [3.63, 3.8) is 0 Å². The van der Waals surface area contributed by atoms with Crippen LogP contribution in [0.15, 0.2) is 35.6 Å². The molecule has 0 heterocycles. The standard InChI is InChI=1S/C14H19NO4.K/c1-3-19-12(16)9-10(2)15-13(14(17)18)11-7-5-4-6-8-11;/h4-5,8-9,13,15H,3,6-7H2,1-2H3,(H,17,18);/q;+1/p-1/t13-;/m1./s1. The summed E-state index contributed by atoms with van der Waals surface area (Å²) in [6.07, 6.45) is 8.25. The zero-order chi connectivity index (χ0) is 14.3. The Morgan fingerprint density at radius 1 is 1.50 bits per heavy atom. The zero-order valence-electron chi connectivity index (χ0n) is 12.1. The average molecular weight is 303 g/mol. The third-order valence-electron chi connectivity index (χ3n) is 2.64. The van der Waals surface area contributed by atoms with E-state index in [2.05, 4.69) is 5.32 Å². The second-order valence-corrected chi connectivity index (χ2v) is 4.17. The molecule has 1 atom stereocenters. The van der Waals surface area contributed by atoms with Crippen molar-refractivity contribution in [3.8, 4) is 0 Å². The Labute approximate surface area is 161 Å². The van der Waals surface area contributed by atoms with E-state index in [9.17, 15) is 14.7 Å². The third kappa shape index (κ3) is 6.85. The maximum atomic E-state index is 11.3. The first-order chi connectivity index (χ1) is 9.04. The minimum Gasteiger partial charge on any atom is -0.548 e. The number of esters is 1. The largest absolute Gasteiger partial charge is 1.00 e. The van der Waals surface area contributed by atoms with Gasteiger partial charge in [0.1, 0.15) is 0 Å². The maximum absolute atomic E-state index is 11.3. The van der Waals surface area contributed by atoms with Gasteiger partial charge in [-0.1, -0.05) is 18.2 Å². The van der Waals surface area contributed by atoms with Crippen LogP contribution in [0.1, 0.15) is 26.7 Å². The van der Waals surface area contributed by atoms with Crippen molar-refractivity contribution in [1.29, 1.82) is 0 Å². The van der Waals surface area contributed by atoms with Crippen molar-refractivity contribution in [2.45, 2.75) is 32.7 Å². The fraction of sp³-hybridized carbons (Fsp3) is 0.429. The van der Waals surface area contributed by atoms with E-state index in [0.29, 0.717) is 18.5 Å². The number of allylic oxidation sites excluding steroid dienone is 4. The monoisotopic (exact) mass is 303 g/mol. The molecule has 0 aliphatic heterocycles. The van der Waals surface area contributed by atoms with Crippen LogP contribution in [0.25, 0.3) is 0 Å². The van der Waals surface area contributed by atoms with Crippen molar-refractivity contribution in [2.24, 2.45) is 0 Å². The molecular formula is C14H18KNO4. The summed E-state index contributed by atoms with van der Waals surface area (Å²) in [5.74, 6) is -1.71. The first-order valence-corrected chi connectivity index (χ1v) is 6.21. The first kappa shape index (κ1) is 19.6. The van der Waals surface area contributed by atoms with Crippen LogP contribution in [-0.2, 0) is 14.3 Å². The number of carbonyl (C=O) groups excluding carboxylic acids is 2. The van der Waals surface area contributed by atoms with Gasteiger partial charge in [-0.05, 0) is 32.3 Å². The van der Waals surface area contributed by atoms with Crippen LogP contribution in [-0.4, -0.2) is 24.6 Å². The van der Waals surface area contributed by atoms with Crippen molar-refractivity contribution in [2.75, 3.05) is 6.61 Å². The fourth-order valence-corrected chi connectivity index (χ4v) is 1.79. The molecule has 0 radical (unpaired) electrons. The molecule has 0 fully saturated rings. The number of rotatable bonds is 6. The van der Waals surface area contributed by atoms with E-state index in [1.165, 1.54) is 6.08 Å². The Balaban J connectivity index is 0.00000361. The molecule has 1 N–H and O–H groups in total. The molecule has 0 unspecified atom stereocenters. The summed E-state index contributed by atoms with van der Waals surface area (Å²) in [7, 11) is 0. The van der Waals surface area contributed by atoms with Crippen LogP contribution in [0.3, 0.4) is 0 Å². The summed E-state index contributed by atoms with van der Waals surface area (Å²) < 4.78 is 4.76. The molecule has 1 rings (SSSR count). The van der Waals surface area contributed by atoms with E-state index >= 15 is 0 Å². The molecule has 0 spiro atoms. The predicted molar refractivity (Wildman–Crippen MR) is 68.8 cm³/mol. The third-order valence-corrected chi connectivity index (χ3v) is 2.64. The molecule has 0 aromatic heterocycles. The number of carbonyl (C=O) groups is 2. The Kier molecular flexibility index (Phi) is 10.1. The smallest absolute Gasteiger partial charge is 0.548 e. The Bertz CT molecular complexity index is 440. The number of carboxylic acid groups (broad SMARTS) is 1. The summed E-state index contributed by atoms with van der Waals surface area (Å²) in [5.41, 5.74) is 1.17. The van der Waals surface area contributed by atoms with Crippen LogP contribution in [0.4, 0.5) is 0 Å². The topological polar surface area (TPSA) is 78.5 Å². The van der Waals surface area contributed by atoms with E-state index in [1.807, 2.05) is 18.2 Å². The molecule has 0 bridgehead atoms. The predicted octanol–water partition coefficient (Wildman–Crippen LogP) is -2.56. The maximum Gasteiger partial charge on any atom is 1.00 e. The second kappa shape index (κ2) is 10.3. The number of carboxylic acids is 1. The van der Waals surface area contributed by atoms with Gasteiger partial charge in [0.15, 0.2) is 0 Å². The molecule has 1 aliphatic carbocycles. The Morgan fingerprint density at radius 2 is 2.20 bits per heavy atom. The normalized spacial score (nSPS) is 15.7. The molecule has 6 heteroatoms. The van der Waals surface area contributed by atoms with E-state index in [-0.39, 0.29) is 58.0 Å². The van der Waals surface area contributed by atoms with Crippen LogP contribution in [0.5, 0.6) is 0 Å². The molecule has 20 heavy (non-hydrogen) atoms. The first-order valence-electron chi connectivity index (χ1n) is 6.21. The van der Waals surface area contributed by atoms with Crippen LogP contribution in [0, 0.1) is 0 Å². The minimum absolute atomic E-state index is 0. The number of nitrogens with one attached hydrogen (secondary N) is 1. The van der Waals surface area contributed by atoms with Gasteiger partial charge in [-0.2, -0.15) is 0 Å². The van der Waals surface area contributed by atoms with Gasteiger partial charge >= 0.3 is 57.4 Å². The van der Waals surface area contributed by atoms with E-state index in [4.69, 9.17) is 4.74 Å². The molecule has 0 aromatic rings. The van der Waals surface area contributed by atoms with Crippen LogP contribution in [0.2, 0.25) is 0 Å². The van der Waals surface area contributed by atoms with E-state index in [0.717, 1.165) is 5.57 Å². The second-order valence-electron chi connectivity index (χ2n) is 4.17. The van der Waals surface area contributed by atoms with Crippen molar-refractivity contribution >= 4 is 11.9 Å². The van der Waals surface area contributed by atoms with Crippen molar-refractivity contribution in [1.82, 2.24) is 5.32 Å². The molecule has 0 aromatic carbocycles. The van der Waals surface area contributed by atoms with Crippen LogP contribution < -0.4 is 61.8 Å². The van der Waals surface area contributed by atoms with Gasteiger partial charge in [-0.3, -0.25) is 0 Å². The number of ether oxygens (including phenoxy) is 1. The quantitative estimate of drug-likeness (QED) is 0.253. The summed E-state index contributed by atoms with van der Waals surface area (Å²) in [6.45, 7) is 3.60. The Morgan fingerprint density at radius 3 is 2.70 bits per heavy atom. The van der Waals surface area contributed by atoms with Gasteiger partial charge in [0, 0.05) is 11.8 Å². The Hall–Kier alpha value is -0.404. The number of aliphatic carboxylic acids is 1. The molecule has 5 nitrogen and oxygen atoms in total. The minimum atomic E-state index is -1.21. The molecule has 0 amide bonds. The van der Waals surface area contributed by atoms with Crippen molar-refractivity contribution < 1.29 is 70.8 Å². The van der Waals surface area contributed by atoms with E-state index < -0.39 is 18.0 Å². The number of hydrogen-bond donors (Lipinski definition) is 1. The van der Waals surface area contributed by atoms with Gasteiger partial charge in [-0.25, -0.2) is 4.79 Å². The molecule has 1 aliphatic rings. The summed E-state index contributed by atoms with van der Waals surface area (Å²) in [4.78, 5) is 22.4. The molecular weight excluding hydrogens is 285 g/mol.